The molecule has 0 saturated heterocycles. The van der Waals surface area contributed by atoms with Crippen LogP contribution in [0.3, 0.4) is 0 Å². The van der Waals surface area contributed by atoms with Gasteiger partial charge in [0, 0.05) is 11.8 Å². The zero-order valence-electron chi connectivity index (χ0n) is 11.4. The maximum Gasteiger partial charge on any atom is 0.168 e. The molecule has 0 aliphatic heterocycles. The lowest BCUT2D eigenvalue weighted by Crippen LogP contribution is -2.12. The number of aryl methyl sites for hydroxylation is 3. The molecule has 100 valence electrons. The van der Waals surface area contributed by atoms with Crippen molar-refractivity contribution in [3.8, 4) is 5.75 Å². The van der Waals surface area contributed by atoms with E-state index in [9.17, 15) is 0 Å². The SMILES string of the molecule is Cc1ccc(OCc2nc(C)cc(NN)n2)c(C)c1. The summed E-state index contributed by atoms with van der Waals surface area (Å²) in [5.41, 5.74) is 5.68. The summed E-state index contributed by atoms with van der Waals surface area (Å²) in [4.78, 5) is 8.55. The van der Waals surface area contributed by atoms with E-state index in [1.807, 2.05) is 26.0 Å². The molecule has 0 aliphatic rings. The lowest BCUT2D eigenvalue weighted by Gasteiger charge is -2.10. The van der Waals surface area contributed by atoms with Crippen molar-refractivity contribution in [2.75, 3.05) is 5.43 Å². The van der Waals surface area contributed by atoms with Gasteiger partial charge in [0.2, 0.25) is 0 Å². The summed E-state index contributed by atoms with van der Waals surface area (Å²) in [5.74, 6) is 7.39. The van der Waals surface area contributed by atoms with Gasteiger partial charge in [-0.05, 0) is 32.4 Å². The Labute approximate surface area is 112 Å². The summed E-state index contributed by atoms with van der Waals surface area (Å²) in [7, 11) is 0. The topological polar surface area (TPSA) is 73.1 Å². The number of nitrogens with two attached hydrogens (primary N) is 1. The molecule has 2 aromatic rings. The second-order valence-electron chi connectivity index (χ2n) is 4.51. The zero-order valence-corrected chi connectivity index (χ0v) is 11.4. The first kappa shape index (κ1) is 13.3. The van der Waals surface area contributed by atoms with E-state index in [4.69, 9.17) is 10.6 Å². The van der Waals surface area contributed by atoms with Gasteiger partial charge in [-0.15, -0.1) is 0 Å². The predicted molar refractivity (Wildman–Crippen MR) is 74.8 cm³/mol. The van der Waals surface area contributed by atoms with E-state index in [0.29, 0.717) is 18.2 Å². The first-order valence-electron chi connectivity index (χ1n) is 6.09. The van der Waals surface area contributed by atoms with Gasteiger partial charge in [-0.1, -0.05) is 17.7 Å². The van der Waals surface area contributed by atoms with E-state index in [0.717, 1.165) is 17.0 Å². The number of aromatic nitrogens is 2. The van der Waals surface area contributed by atoms with Crippen LogP contribution in [0, 0.1) is 20.8 Å². The number of nitrogens with zero attached hydrogens (tertiary/aromatic N) is 2. The van der Waals surface area contributed by atoms with Crippen molar-refractivity contribution >= 4 is 5.82 Å². The van der Waals surface area contributed by atoms with Crippen LogP contribution in [0.5, 0.6) is 5.75 Å². The molecule has 0 radical (unpaired) electrons. The number of hydrogen-bond donors (Lipinski definition) is 2. The first-order valence-corrected chi connectivity index (χ1v) is 6.09. The summed E-state index contributed by atoms with van der Waals surface area (Å²) in [6.45, 7) is 6.29. The Hall–Kier alpha value is -2.14. The Morgan fingerprint density at radius 2 is 1.95 bits per heavy atom. The summed E-state index contributed by atoms with van der Waals surface area (Å²) in [6, 6.07) is 7.84. The van der Waals surface area contributed by atoms with Gasteiger partial charge in [-0.25, -0.2) is 15.8 Å². The van der Waals surface area contributed by atoms with Crippen LogP contribution in [0.25, 0.3) is 0 Å². The Morgan fingerprint density at radius 3 is 2.63 bits per heavy atom. The molecule has 5 heteroatoms. The van der Waals surface area contributed by atoms with Crippen LogP contribution in [0.1, 0.15) is 22.6 Å². The van der Waals surface area contributed by atoms with Crippen molar-refractivity contribution < 1.29 is 4.74 Å². The summed E-state index contributed by atoms with van der Waals surface area (Å²) in [6.07, 6.45) is 0. The van der Waals surface area contributed by atoms with E-state index in [-0.39, 0.29) is 0 Å². The largest absolute Gasteiger partial charge is 0.485 e. The molecule has 0 atom stereocenters. The molecular formula is C14H18N4O. The van der Waals surface area contributed by atoms with Crippen molar-refractivity contribution in [2.45, 2.75) is 27.4 Å². The lowest BCUT2D eigenvalue weighted by atomic mass is 10.1. The fraction of sp³-hybridized carbons (Fsp3) is 0.286. The molecule has 19 heavy (non-hydrogen) atoms. The van der Waals surface area contributed by atoms with Gasteiger partial charge in [0.1, 0.15) is 18.2 Å². The van der Waals surface area contributed by atoms with Gasteiger partial charge in [-0.3, -0.25) is 0 Å². The Bertz CT molecular complexity index is 584. The fourth-order valence-corrected chi connectivity index (χ4v) is 1.87. The smallest absolute Gasteiger partial charge is 0.168 e. The molecule has 1 aromatic heterocycles. The van der Waals surface area contributed by atoms with Crippen LogP contribution in [0.2, 0.25) is 0 Å². The molecule has 0 fully saturated rings. The Kier molecular flexibility index (Phi) is 3.97. The molecule has 3 N–H and O–H groups in total. The summed E-state index contributed by atoms with van der Waals surface area (Å²) < 4.78 is 5.74. The highest BCUT2D eigenvalue weighted by atomic mass is 16.5. The van der Waals surface area contributed by atoms with Gasteiger partial charge in [0.25, 0.3) is 0 Å². The first-order chi connectivity index (χ1) is 9.08. The third kappa shape index (κ3) is 3.42. The van der Waals surface area contributed by atoms with Gasteiger partial charge in [-0.2, -0.15) is 0 Å². The average Bonchev–Trinajstić information content (AvgIpc) is 2.37. The molecule has 5 nitrogen and oxygen atoms in total. The number of rotatable bonds is 4. The minimum atomic E-state index is 0.320. The predicted octanol–water partition coefficient (Wildman–Crippen LogP) is 2.27. The highest BCUT2D eigenvalue weighted by Gasteiger charge is 2.04. The van der Waals surface area contributed by atoms with Crippen molar-refractivity contribution in [2.24, 2.45) is 5.84 Å². The number of anilines is 1. The molecule has 0 aliphatic carbocycles. The third-order valence-electron chi connectivity index (χ3n) is 2.74. The Balaban J connectivity index is 2.12. The minimum absolute atomic E-state index is 0.320. The van der Waals surface area contributed by atoms with Gasteiger partial charge >= 0.3 is 0 Å². The van der Waals surface area contributed by atoms with Crippen LogP contribution in [-0.4, -0.2) is 9.97 Å². The molecule has 2 rings (SSSR count). The fourth-order valence-electron chi connectivity index (χ4n) is 1.87. The van der Waals surface area contributed by atoms with Crippen LogP contribution in [0.4, 0.5) is 5.82 Å². The number of nitrogen functional groups attached to an aromatic ring is 1. The minimum Gasteiger partial charge on any atom is -0.485 e. The van der Waals surface area contributed by atoms with Gasteiger partial charge in [0.05, 0.1) is 0 Å². The van der Waals surface area contributed by atoms with E-state index in [1.54, 1.807) is 6.07 Å². The van der Waals surface area contributed by atoms with Crippen molar-refractivity contribution in [3.63, 3.8) is 0 Å². The molecule has 0 unspecified atom stereocenters. The van der Waals surface area contributed by atoms with Gasteiger partial charge in [0.15, 0.2) is 5.82 Å². The second kappa shape index (κ2) is 5.67. The van der Waals surface area contributed by atoms with Crippen LogP contribution in [-0.2, 0) is 6.61 Å². The van der Waals surface area contributed by atoms with Gasteiger partial charge < -0.3 is 10.2 Å². The number of hydrogen-bond acceptors (Lipinski definition) is 5. The molecule has 0 spiro atoms. The molecular weight excluding hydrogens is 240 g/mol. The molecule has 1 aromatic carbocycles. The average molecular weight is 258 g/mol. The maximum atomic E-state index is 5.74. The summed E-state index contributed by atoms with van der Waals surface area (Å²) >= 11 is 0. The van der Waals surface area contributed by atoms with E-state index in [2.05, 4.69) is 28.4 Å². The number of nitrogens with one attached hydrogen (secondary N) is 1. The van der Waals surface area contributed by atoms with Crippen molar-refractivity contribution in [3.05, 3.63) is 46.9 Å². The second-order valence-corrected chi connectivity index (χ2v) is 4.51. The van der Waals surface area contributed by atoms with E-state index < -0.39 is 0 Å². The number of ether oxygens (including phenoxy) is 1. The molecule has 1 heterocycles. The number of hydrazine groups is 1. The third-order valence-corrected chi connectivity index (χ3v) is 2.74. The number of benzene rings is 1. The van der Waals surface area contributed by atoms with Crippen LogP contribution in [0.15, 0.2) is 24.3 Å². The highest BCUT2D eigenvalue weighted by molar-refractivity contribution is 5.36. The molecule has 0 bridgehead atoms. The lowest BCUT2D eigenvalue weighted by molar-refractivity contribution is 0.293. The van der Waals surface area contributed by atoms with E-state index in [1.165, 1.54) is 5.56 Å². The van der Waals surface area contributed by atoms with Crippen LogP contribution >= 0.6 is 0 Å². The zero-order chi connectivity index (χ0) is 13.8. The quantitative estimate of drug-likeness (QED) is 0.650. The standard InChI is InChI=1S/C14H18N4O/c1-9-4-5-12(10(2)6-9)19-8-14-16-11(3)7-13(17-14)18-15/h4-7H,8,15H2,1-3H3,(H,16,17,18). The normalized spacial score (nSPS) is 10.3. The summed E-state index contributed by atoms with van der Waals surface area (Å²) in [5, 5.41) is 0. The van der Waals surface area contributed by atoms with Crippen molar-refractivity contribution in [1.82, 2.24) is 9.97 Å². The van der Waals surface area contributed by atoms with Crippen molar-refractivity contribution in [1.29, 1.82) is 0 Å². The highest BCUT2D eigenvalue weighted by Crippen LogP contribution is 2.19. The maximum absolute atomic E-state index is 5.74. The monoisotopic (exact) mass is 258 g/mol. The van der Waals surface area contributed by atoms with E-state index >= 15 is 0 Å². The molecule has 0 amide bonds. The molecule has 0 saturated carbocycles. The van der Waals surface area contributed by atoms with Crippen LogP contribution < -0.4 is 16.0 Å². The Morgan fingerprint density at radius 1 is 1.16 bits per heavy atom.